The lowest BCUT2D eigenvalue weighted by atomic mass is 10.0. The third kappa shape index (κ3) is 1.96. The lowest BCUT2D eigenvalue weighted by molar-refractivity contribution is -0.142. The van der Waals surface area contributed by atoms with Crippen LogP contribution in [0.25, 0.3) is 0 Å². The third-order valence-corrected chi connectivity index (χ3v) is 3.42. The Morgan fingerprint density at radius 3 is 2.88 bits per heavy atom. The molecule has 4 heteroatoms. The van der Waals surface area contributed by atoms with Gasteiger partial charge in [-0.3, -0.25) is 9.48 Å². The van der Waals surface area contributed by atoms with Gasteiger partial charge < -0.3 is 5.11 Å². The number of aromatic nitrogens is 2. The minimum Gasteiger partial charge on any atom is -0.481 e. The molecule has 1 N–H and O–H groups in total. The molecule has 2 atom stereocenters. The van der Waals surface area contributed by atoms with Gasteiger partial charge in [0.2, 0.25) is 0 Å². The molecule has 0 bridgehead atoms. The van der Waals surface area contributed by atoms with Crippen LogP contribution in [0.1, 0.15) is 50.6 Å². The molecule has 16 heavy (non-hydrogen) atoms. The molecule has 1 aliphatic rings. The van der Waals surface area contributed by atoms with Gasteiger partial charge in [0, 0.05) is 6.20 Å². The second-order valence-electron chi connectivity index (χ2n) is 4.85. The molecule has 1 aliphatic carbocycles. The molecule has 1 saturated carbocycles. The van der Waals surface area contributed by atoms with Crippen LogP contribution in [0.2, 0.25) is 0 Å². The lowest BCUT2D eigenvalue weighted by Gasteiger charge is -2.16. The summed E-state index contributed by atoms with van der Waals surface area (Å²) in [6.07, 6.45) is 6.53. The van der Waals surface area contributed by atoms with E-state index >= 15 is 0 Å². The van der Waals surface area contributed by atoms with Gasteiger partial charge in [-0.15, -0.1) is 0 Å². The highest BCUT2D eigenvalue weighted by molar-refractivity contribution is 5.71. The van der Waals surface area contributed by atoms with Crippen molar-refractivity contribution in [2.45, 2.75) is 45.1 Å². The molecule has 0 aromatic carbocycles. The fourth-order valence-electron chi connectivity index (χ4n) is 2.38. The Labute approximate surface area is 95.3 Å². The first-order valence-electron chi connectivity index (χ1n) is 5.86. The number of carboxylic acid groups (broad SMARTS) is 1. The Hall–Kier alpha value is -1.32. The molecular formula is C12H18N2O2. The van der Waals surface area contributed by atoms with Crippen LogP contribution < -0.4 is 0 Å². The maximum Gasteiger partial charge on any atom is 0.308 e. The summed E-state index contributed by atoms with van der Waals surface area (Å²) < 4.78 is 1.85. The summed E-state index contributed by atoms with van der Waals surface area (Å²) in [6.45, 7) is 4.23. The van der Waals surface area contributed by atoms with E-state index in [0.29, 0.717) is 5.92 Å². The molecule has 2 rings (SSSR count). The molecular weight excluding hydrogens is 204 g/mol. The predicted molar refractivity (Wildman–Crippen MR) is 60.3 cm³/mol. The largest absolute Gasteiger partial charge is 0.481 e. The molecule has 1 heterocycles. The van der Waals surface area contributed by atoms with Crippen molar-refractivity contribution < 1.29 is 9.90 Å². The molecule has 88 valence electrons. The normalized spacial score (nSPS) is 25.2. The first-order chi connectivity index (χ1) is 7.59. The van der Waals surface area contributed by atoms with Crippen LogP contribution >= 0.6 is 0 Å². The first-order valence-corrected chi connectivity index (χ1v) is 5.86. The summed E-state index contributed by atoms with van der Waals surface area (Å²) in [5.41, 5.74) is 1.18. The van der Waals surface area contributed by atoms with Gasteiger partial charge in [0.25, 0.3) is 0 Å². The summed E-state index contributed by atoms with van der Waals surface area (Å²) in [6, 6.07) is 0.0463. The van der Waals surface area contributed by atoms with Gasteiger partial charge in [-0.05, 0) is 24.3 Å². The standard InChI is InChI=1S/C12H18N2O2/c1-8(2)9-6-13-14(7-9)11-5-3-4-10(11)12(15)16/h6-8,10-11H,3-5H2,1-2H3,(H,15,16). The van der Waals surface area contributed by atoms with Crippen molar-refractivity contribution in [1.29, 1.82) is 0 Å². The highest BCUT2D eigenvalue weighted by Crippen LogP contribution is 2.35. The summed E-state index contributed by atoms with van der Waals surface area (Å²) >= 11 is 0. The summed E-state index contributed by atoms with van der Waals surface area (Å²) in [5, 5.41) is 13.4. The monoisotopic (exact) mass is 222 g/mol. The van der Waals surface area contributed by atoms with Gasteiger partial charge in [-0.25, -0.2) is 0 Å². The van der Waals surface area contributed by atoms with Gasteiger partial charge >= 0.3 is 5.97 Å². The number of rotatable bonds is 3. The van der Waals surface area contributed by atoms with E-state index in [-0.39, 0.29) is 12.0 Å². The Morgan fingerprint density at radius 2 is 2.31 bits per heavy atom. The maximum absolute atomic E-state index is 11.1. The van der Waals surface area contributed by atoms with Crippen molar-refractivity contribution in [3.05, 3.63) is 18.0 Å². The predicted octanol–water partition coefficient (Wildman–Crippen LogP) is 2.43. The number of carbonyl (C=O) groups is 1. The van der Waals surface area contributed by atoms with Crippen LogP contribution in [0.3, 0.4) is 0 Å². The second kappa shape index (κ2) is 4.28. The van der Waals surface area contributed by atoms with Crippen LogP contribution in [0.5, 0.6) is 0 Å². The summed E-state index contributed by atoms with van der Waals surface area (Å²) in [4.78, 5) is 11.1. The molecule has 1 aromatic rings. The van der Waals surface area contributed by atoms with Crippen molar-refractivity contribution in [3.63, 3.8) is 0 Å². The SMILES string of the molecule is CC(C)c1cnn(C2CCCC2C(=O)O)c1. The van der Waals surface area contributed by atoms with Crippen molar-refractivity contribution >= 4 is 5.97 Å². The van der Waals surface area contributed by atoms with Gasteiger partial charge in [0.1, 0.15) is 0 Å². The Kier molecular flexibility index (Phi) is 2.99. The number of carboxylic acids is 1. The first kappa shape index (κ1) is 11.2. The molecule has 0 saturated heterocycles. The highest BCUT2D eigenvalue weighted by atomic mass is 16.4. The fraction of sp³-hybridized carbons (Fsp3) is 0.667. The quantitative estimate of drug-likeness (QED) is 0.854. The second-order valence-corrected chi connectivity index (χ2v) is 4.85. The van der Waals surface area contributed by atoms with Crippen LogP contribution in [0.4, 0.5) is 0 Å². The van der Waals surface area contributed by atoms with Gasteiger partial charge in [0.15, 0.2) is 0 Å². The van der Waals surface area contributed by atoms with Crippen molar-refractivity contribution in [2.75, 3.05) is 0 Å². The average molecular weight is 222 g/mol. The number of hydrogen-bond donors (Lipinski definition) is 1. The topological polar surface area (TPSA) is 55.1 Å². The number of aliphatic carboxylic acids is 1. The summed E-state index contributed by atoms with van der Waals surface area (Å²) in [5.74, 6) is -0.512. The average Bonchev–Trinajstić information content (AvgIpc) is 2.86. The minimum absolute atomic E-state index is 0.0463. The summed E-state index contributed by atoms with van der Waals surface area (Å²) in [7, 11) is 0. The zero-order valence-corrected chi connectivity index (χ0v) is 9.76. The molecule has 1 fully saturated rings. The van der Waals surface area contributed by atoms with Crippen LogP contribution in [0, 0.1) is 5.92 Å². The molecule has 0 radical (unpaired) electrons. The zero-order valence-electron chi connectivity index (χ0n) is 9.76. The van der Waals surface area contributed by atoms with E-state index in [1.807, 2.05) is 17.1 Å². The highest BCUT2D eigenvalue weighted by Gasteiger charge is 2.34. The molecule has 4 nitrogen and oxygen atoms in total. The van der Waals surface area contributed by atoms with E-state index in [4.69, 9.17) is 5.11 Å². The van der Waals surface area contributed by atoms with E-state index < -0.39 is 5.97 Å². The molecule has 0 spiro atoms. The van der Waals surface area contributed by atoms with E-state index in [2.05, 4.69) is 18.9 Å². The minimum atomic E-state index is -0.691. The van der Waals surface area contributed by atoms with Gasteiger partial charge in [0.05, 0.1) is 18.2 Å². The Bertz CT molecular complexity index is 384. The van der Waals surface area contributed by atoms with Crippen molar-refractivity contribution in [2.24, 2.45) is 5.92 Å². The number of nitrogens with zero attached hydrogens (tertiary/aromatic N) is 2. The van der Waals surface area contributed by atoms with Crippen molar-refractivity contribution in [3.8, 4) is 0 Å². The van der Waals surface area contributed by atoms with E-state index in [0.717, 1.165) is 19.3 Å². The molecule has 2 unspecified atom stereocenters. The maximum atomic E-state index is 11.1. The Balaban J connectivity index is 2.19. The fourth-order valence-corrected chi connectivity index (χ4v) is 2.38. The van der Waals surface area contributed by atoms with E-state index in [9.17, 15) is 4.79 Å². The molecule has 1 aromatic heterocycles. The molecule has 0 amide bonds. The lowest BCUT2D eigenvalue weighted by Crippen LogP contribution is -2.21. The number of hydrogen-bond acceptors (Lipinski definition) is 2. The van der Waals surface area contributed by atoms with Crippen LogP contribution in [-0.4, -0.2) is 20.9 Å². The zero-order chi connectivity index (χ0) is 11.7. The van der Waals surface area contributed by atoms with Gasteiger partial charge in [-0.1, -0.05) is 20.3 Å². The van der Waals surface area contributed by atoms with Crippen LogP contribution in [0.15, 0.2) is 12.4 Å². The van der Waals surface area contributed by atoms with Crippen LogP contribution in [-0.2, 0) is 4.79 Å². The smallest absolute Gasteiger partial charge is 0.308 e. The van der Waals surface area contributed by atoms with Crippen molar-refractivity contribution in [1.82, 2.24) is 9.78 Å². The van der Waals surface area contributed by atoms with Gasteiger partial charge in [-0.2, -0.15) is 5.10 Å². The molecule has 0 aliphatic heterocycles. The third-order valence-electron chi connectivity index (χ3n) is 3.42. The van der Waals surface area contributed by atoms with E-state index in [1.165, 1.54) is 5.56 Å². The Morgan fingerprint density at radius 1 is 1.56 bits per heavy atom. The van der Waals surface area contributed by atoms with E-state index in [1.54, 1.807) is 0 Å².